The van der Waals surface area contributed by atoms with Crippen LogP contribution < -0.4 is 10.6 Å². The van der Waals surface area contributed by atoms with Crippen LogP contribution in [0, 0.1) is 0 Å². The second-order valence-electron chi connectivity index (χ2n) is 6.98. The summed E-state index contributed by atoms with van der Waals surface area (Å²) in [5.74, 6) is 0.821. The van der Waals surface area contributed by atoms with Gasteiger partial charge in [-0.15, -0.1) is 0 Å². The lowest BCUT2D eigenvalue weighted by Gasteiger charge is -2.30. The minimum atomic E-state index is 0.309. The van der Waals surface area contributed by atoms with Crippen LogP contribution in [0.15, 0.2) is 65.9 Å². The molecule has 0 spiro atoms. The number of nitrogens with one attached hydrogen (secondary N) is 2. The molecule has 2 heterocycles. The Hall–Kier alpha value is -2.86. The zero-order valence-corrected chi connectivity index (χ0v) is 17.7. The third kappa shape index (κ3) is 5.57. The van der Waals surface area contributed by atoms with Gasteiger partial charge in [-0.25, -0.2) is 4.98 Å². The lowest BCUT2D eigenvalue weighted by Crippen LogP contribution is -2.43. The molecule has 0 bridgehead atoms. The number of rotatable bonds is 9. The van der Waals surface area contributed by atoms with Gasteiger partial charge in [0.05, 0.1) is 11.7 Å². The average Bonchev–Trinajstić information content (AvgIpc) is 3.18. The van der Waals surface area contributed by atoms with E-state index in [4.69, 9.17) is 0 Å². The molecule has 1 unspecified atom stereocenters. The van der Waals surface area contributed by atoms with Crippen molar-refractivity contribution in [1.29, 1.82) is 0 Å². The van der Waals surface area contributed by atoms with Crippen molar-refractivity contribution in [3.63, 3.8) is 0 Å². The largest absolute Gasteiger partial charge is 0.356 e. The van der Waals surface area contributed by atoms with Crippen molar-refractivity contribution in [2.24, 2.45) is 4.99 Å². The maximum Gasteiger partial charge on any atom is 0.191 e. The highest BCUT2D eigenvalue weighted by Crippen LogP contribution is 2.19. The van der Waals surface area contributed by atoms with Crippen molar-refractivity contribution < 1.29 is 0 Å². The first-order valence-corrected chi connectivity index (χ1v) is 10.4. The Kier molecular flexibility index (Phi) is 7.64. The molecule has 0 aliphatic rings. The lowest BCUT2D eigenvalue weighted by atomic mass is 10.1. The Morgan fingerprint density at radius 2 is 1.83 bits per heavy atom. The molecular weight excluding hydrogens is 360 g/mol. The summed E-state index contributed by atoms with van der Waals surface area (Å²) in [7, 11) is 1.81. The standard InChI is InChI=1S/C23H32N6/c1-4-28(5-2)21(19-11-7-6-8-12-19)17-26-23(24-3)25-15-14-20-18-29-16-10-9-13-22(29)27-20/h6-13,16,18,21H,4-5,14-15,17H2,1-3H3,(H2,24,25,26). The number of fused-ring (bicyclic) bond motifs is 1. The molecule has 1 atom stereocenters. The number of hydrogen-bond donors (Lipinski definition) is 2. The van der Waals surface area contributed by atoms with Gasteiger partial charge in [0.2, 0.25) is 0 Å². The van der Waals surface area contributed by atoms with E-state index in [1.807, 2.05) is 31.4 Å². The van der Waals surface area contributed by atoms with Gasteiger partial charge in [-0.2, -0.15) is 0 Å². The quantitative estimate of drug-likeness (QED) is 0.434. The molecule has 2 N–H and O–H groups in total. The fourth-order valence-corrected chi connectivity index (χ4v) is 3.63. The Balaban J connectivity index is 1.55. The summed E-state index contributed by atoms with van der Waals surface area (Å²) in [4.78, 5) is 11.5. The fourth-order valence-electron chi connectivity index (χ4n) is 3.63. The van der Waals surface area contributed by atoms with Gasteiger partial charge in [0, 0.05) is 39.0 Å². The van der Waals surface area contributed by atoms with Crippen LogP contribution in [0.3, 0.4) is 0 Å². The zero-order valence-electron chi connectivity index (χ0n) is 17.7. The Morgan fingerprint density at radius 3 is 2.52 bits per heavy atom. The van der Waals surface area contributed by atoms with Crippen molar-refractivity contribution in [3.8, 4) is 0 Å². The third-order valence-electron chi connectivity index (χ3n) is 5.21. The smallest absolute Gasteiger partial charge is 0.191 e. The van der Waals surface area contributed by atoms with Crippen molar-refractivity contribution in [3.05, 3.63) is 72.2 Å². The molecule has 6 heteroatoms. The zero-order chi connectivity index (χ0) is 20.5. The molecule has 0 aliphatic carbocycles. The van der Waals surface area contributed by atoms with Gasteiger partial charge >= 0.3 is 0 Å². The van der Waals surface area contributed by atoms with Crippen LogP contribution in [0.25, 0.3) is 5.65 Å². The van der Waals surface area contributed by atoms with E-state index in [1.165, 1.54) is 5.56 Å². The molecule has 0 amide bonds. The summed E-state index contributed by atoms with van der Waals surface area (Å²) in [6, 6.07) is 17.0. The predicted octanol–water partition coefficient (Wildman–Crippen LogP) is 3.12. The van der Waals surface area contributed by atoms with Crippen molar-refractivity contribution in [2.75, 3.05) is 33.2 Å². The number of aliphatic imine (C=N–C) groups is 1. The summed E-state index contributed by atoms with van der Waals surface area (Å²) < 4.78 is 2.05. The number of hydrogen-bond acceptors (Lipinski definition) is 3. The van der Waals surface area contributed by atoms with E-state index in [0.717, 1.165) is 49.9 Å². The number of aromatic nitrogens is 2. The highest BCUT2D eigenvalue weighted by Gasteiger charge is 2.18. The van der Waals surface area contributed by atoms with E-state index in [9.17, 15) is 0 Å². The predicted molar refractivity (Wildman–Crippen MR) is 120 cm³/mol. The summed E-state index contributed by atoms with van der Waals surface area (Å²) >= 11 is 0. The highest BCUT2D eigenvalue weighted by molar-refractivity contribution is 5.79. The van der Waals surface area contributed by atoms with Crippen LogP contribution in [-0.4, -0.2) is 53.5 Å². The van der Waals surface area contributed by atoms with Crippen LogP contribution in [0.4, 0.5) is 0 Å². The molecular formula is C23H32N6. The summed E-state index contributed by atoms with van der Waals surface area (Å²) in [6.07, 6.45) is 4.95. The number of nitrogens with zero attached hydrogens (tertiary/aromatic N) is 4. The van der Waals surface area contributed by atoms with Crippen LogP contribution in [0.1, 0.15) is 31.1 Å². The first-order valence-electron chi connectivity index (χ1n) is 10.4. The Morgan fingerprint density at radius 1 is 1.07 bits per heavy atom. The molecule has 2 aromatic heterocycles. The molecule has 0 aliphatic heterocycles. The average molecular weight is 393 g/mol. The molecule has 29 heavy (non-hydrogen) atoms. The second kappa shape index (κ2) is 10.6. The molecule has 1 aromatic carbocycles. The van der Waals surface area contributed by atoms with E-state index in [0.29, 0.717) is 6.04 Å². The number of benzene rings is 1. The Labute approximate surface area is 173 Å². The van der Waals surface area contributed by atoms with E-state index in [1.54, 1.807) is 0 Å². The normalized spacial score (nSPS) is 13.0. The molecule has 3 aromatic rings. The van der Waals surface area contributed by atoms with Crippen LogP contribution >= 0.6 is 0 Å². The summed E-state index contributed by atoms with van der Waals surface area (Å²) in [5.41, 5.74) is 3.38. The minimum Gasteiger partial charge on any atom is -0.356 e. The van der Waals surface area contributed by atoms with Crippen molar-refractivity contribution in [2.45, 2.75) is 26.3 Å². The molecule has 154 valence electrons. The van der Waals surface area contributed by atoms with Gasteiger partial charge in [-0.1, -0.05) is 50.2 Å². The minimum absolute atomic E-state index is 0.309. The highest BCUT2D eigenvalue weighted by atomic mass is 15.2. The van der Waals surface area contributed by atoms with E-state index < -0.39 is 0 Å². The van der Waals surface area contributed by atoms with Gasteiger partial charge in [-0.05, 0) is 30.8 Å². The maximum atomic E-state index is 4.65. The molecule has 3 rings (SSSR count). The molecule has 6 nitrogen and oxygen atoms in total. The van der Waals surface area contributed by atoms with Gasteiger partial charge < -0.3 is 15.0 Å². The molecule has 0 saturated carbocycles. The van der Waals surface area contributed by atoms with E-state index in [2.05, 4.69) is 80.3 Å². The number of imidazole rings is 1. The SMILES string of the molecule is CCN(CC)C(CNC(=NC)NCCc1cn2ccccc2n1)c1ccccc1. The summed E-state index contributed by atoms with van der Waals surface area (Å²) in [6.45, 7) is 8.03. The van der Waals surface area contributed by atoms with Crippen LogP contribution in [-0.2, 0) is 6.42 Å². The lowest BCUT2D eigenvalue weighted by molar-refractivity contribution is 0.219. The van der Waals surface area contributed by atoms with Crippen LogP contribution in [0.5, 0.6) is 0 Å². The number of guanidine groups is 1. The van der Waals surface area contributed by atoms with Crippen LogP contribution in [0.2, 0.25) is 0 Å². The first kappa shape index (κ1) is 20.9. The topological polar surface area (TPSA) is 57.0 Å². The molecule has 0 saturated heterocycles. The van der Waals surface area contributed by atoms with E-state index >= 15 is 0 Å². The number of pyridine rings is 1. The Bertz CT molecular complexity index is 865. The van der Waals surface area contributed by atoms with Crippen molar-refractivity contribution >= 4 is 11.6 Å². The molecule has 0 radical (unpaired) electrons. The first-order chi connectivity index (χ1) is 14.2. The van der Waals surface area contributed by atoms with Crippen molar-refractivity contribution in [1.82, 2.24) is 24.9 Å². The summed E-state index contributed by atoms with van der Waals surface area (Å²) in [5, 5.41) is 6.92. The van der Waals surface area contributed by atoms with Gasteiger partial charge in [-0.3, -0.25) is 9.89 Å². The third-order valence-corrected chi connectivity index (χ3v) is 5.21. The second-order valence-corrected chi connectivity index (χ2v) is 6.98. The van der Waals surface area contributed by atoms with E-state index in [-0.39, 0.29) is 0 Å². The van der Waals surface area contributed by atoms with Gasteiger partial charge in [0.1, 0.15) is 5.65 Å². The van der Waals surface area contributed by atoms with Gasteiger partial charge in [0.15, 0.2) is 5.96 Å². The monoisotopic (exact) mass is 392 g/mol. The number of likely N-dealkylation sites (N-methyl/N-ethyl adjacent to an activating group) is 1. The van der Waals surface area contributed by atoms with Gasteiger partial charge in [0.25, 0.3) is 0 Å². The molecule has 0 fully saturated rings. The fraction of sp³-hybridized carbons (Fsp3) is 0.391. The maximum absolute atomic E-state index is 4.65.